The van der Waals surface area contributed by atoms with E-state index in [-0.39, 0.29) is 6.04 Å². The molecular formula is C15H20N2O3S. The van der Waals surface area contributed by atoms with Gasteiger partial charge in [-0.1, -0.05) is 12.1 Å². The molecule has 0 aliphatic carbocycles. The summed E-state index contributed by atoms with van der Waals surface area (Å²) in [7, 11) is -3.31. The molecule has 0 amide bonds. The van der Waals surface area contributed by atoms with Crippen LogP contribution in [0.2, 0.25) is 0 Å². The molecule has 1 atom stereocenters. The summed E-state index contributed by atoms with van der Waals surface area (Å²) in [5.74, 6) is 1.72. The van der Waals surface area contributed by atoms with Crippen LogP contribution in [0.5, 0.6) is 0 Å². The molecule has 0 aliphatic heterocycles. The van der Waals surface area contributed by atoms with Crippen molar-refractivity contribution in [2.75, 3.05) is 16.3 Å². The molecule has 1 aromatic carbocycles. The van der Waals surface area contributed by atoms with Crippen LogP contribution < -0.4 is 10.0 Å². The third kappa shape index (κ3) is 4.01. The molecule has 2 aromatic rings. The van der Waals surface area contributed by atoms with Crippen molar-refractivity contribution in [2.45, 2.75) is 26.8 Å². The summed E-state index contributed by atoms with van der Waals surface area (Å²) < 4.78 is 30.9. The highest BCUT2D eigenvalue weighted by Crippen LogP contribution is 2.29. The Morgan fingerprint density at radius 1 is 1.14 bits per heavy atom. The normalized spacial score (nSPS) is 13.0. The number of sulfonamides is 1. The summed E-state index contributed by atoms with van der Waals surface area (Å²) in [6.45, 7) is 5.83. The fourth-order valence-electron chi connectivity index (χ4n) is 2.29. The summed E-state index contributed by atoms with van der Waals surface area (Å²) in [6.07, 6.45) is 1.14. The number of benzene rings is 1. The average molecular weight is 308 g/mol. The van der Waals surface area contributed by atoms with E-state index in [9.17, 15) is 8.42 Å². The van der Waals surface area contributed by atoms with E-state index in [2.05, 4.69) is 10.0 Å². The van der Waals surface area contributed by atoms with Gasteiger partial charge in [0.25, 0.3) is 0 Å². The molecule has 0 aliphatic rings. The Bertz CT molecular complexity index is 735. The molecule has 1 heterocycles. The Balaban J connectivity index is 2.25. The van der Waals surface area contributed by atoms with Gasteiger partial charge in [0.15, 0.2) is 0 Å². The van der Waals surface area contributed by atoms with Crippen LogP contribution in [0.1, 0.15) is 30.0 Å². The van der Waals surface area contributed by atoms with Crippen LogP contribution in [-0.2, 0) is 10.0 Å². The quantitative estimate of drug-likeness (QED) is 0.887. The van der Waals surface area contributed by atoms with E-state index in [1.165, 1.54) is 0 Å². The van der Waals surface area contributed by atoms with Crippen molar-refractivity contribution in [3.05, 3.63) is 47.4 Å². The highest BCUT2D eigenvalue weighted by atomic mass is 32.2. The minimum absolute atomic E-state index is 0.00459. The maximum absolute atomic E-state index is 11.4. The fourth-order valence-corrected chi connectivity index (χ4v) is 2.87. The van der Waals surface area contributed by atoms with Gasteiger partial charge in [-0.05, 0) is 39.0 Å². The second-order valence-corrected chi connectivity index (χ2v) is 6.90. The van der Waals surface area contributed by atoms with E-state index < -0.39 is 10.0 Å². The first-order valence-corrected chi connectivity index (χ1v) is 8.55. The zero-order valence-corrected chi connectivity index (χ0v) is 13.4. The van der Waals surface area contributed by atoms with E-state index in [0.717, 1.165) is 29.0 Å². The van der Waals surface area contributed by atoms with Gasteiger partial charge in [0.2, 0.25) is 10.0 Å². The number of nitrogens with one attached hydrogen (secondary N) is 2. The number of para-hydroxylation sites is 2. The molecule has 1 aromatic heterocycles. The van der Waals surface area contributed by atoms with E-state index in [0.29, 0.717) is 5.69 Å². The molecule has 0 spiro atoms. The lowest BCUT2D eigenvalue weighted by Gasteiger charge is -2.18. The van der Waals surface area contributed by atoms with Crippen LogP contribution in [-0.4, -0.2) is 14.7 Å². The van der Waals surface area contributed by atoms with Gasteiger partial charge in [0, 0.05) is 5.56 Å². The van der Waals surface area contributed by atoms with Gasteiger partial charge >= 0.3 is 0 Å². The Hall–Kier alpha value is -1.95. The summed E-state index contributed by atoms with van der Waals surface area (Å²) in [5, 5.41) is 3.32. The third-order valence-corrected chi connectivity index (χ3v) is 3.73. The van der Waals surface area contributed by atoms with Crippen molar-refractivity contribution in [3.8, 4) is 0 Å². The van der Waals surface area contributed by atoms with Crippen molar-refractivity contribution in [1.29, 1.82) is 0 Å². The minimum Gasteiger partial charge on any atom is -0.466 e. The van der Waals surface area contributed by atoms with Crippen LogP contribution in [0.4, 0.5) is 11.4 Å². The summed E-state index contributed by atoms with van der Waals surface area (Å²) >= 11 is 0. The molecule has 0 bridgehead atoms. The molecule has 6 heteroatoms. The first-order valence-electron chi connectivity index (χ1n) is 6.66. The van der Waals surface area contributed by atoms with Crippen molar-refractivity contribution < 1.29 is 12.8 Å². The van der Waals surface area contributed by atoms with Gasteiger partial charge in [-0.25, -0.2) is 8.42 Å². The van der Waals surface area contributed by atoms with Gasteiger partial charge < -0.3 is 9.73 Å². The van der Waals surface area contributed by atoms with Gasteiger partial charge in [0.05, 0.1) is 23.7 Å². The first kappa shape index (κ1) is 15.4. The fraction of sp³-hybridized carbons (Fsp3) is 0.333. The maximum Gasteiger partial charge on any atom is 0.229 e. The van der Waals surface area contributed by atoms with Crippen LogP contribution in [0, 0.1) is 13.8 Å². The topological polar surface area (TPSA) is 71.3 Å². The second kappa shape index (κ2) is 5.81. The Labute approximate surface area is 125 Å². The minimum atomic E-state index is -3.31. The van der Waals surface area contributed by atoms with E-state index in [1.54, 1.807) is 12.1 Å². The number of furan rings is 1. The highest BCUT2D eigenvalue weighted by molar-refractivity contribution is 7.92. The number of rotatable bonds is 5. The highest BCUT2D eigenvalue weighted by Gasteiger charge is 2.14. The largest absolute Gasteiger partial charge is 0.466 e. The van der Waals surface area contributed by atoms with Crippen LogP contribution in [0.3, 0.4) is 0 Å². The van der Waals surface area contributed by atoms with Crippen molar-refractivity contribution >= 4 is 21.4 Å². The van der Waals surface area contributed by atoms with Crippen LogP contribution in [0.15, 0.2) is 34.7 Å². The van der Waals surface area contributed by atoms with E-state index in [4.69, 9.17) is 4.42 Å². The van der Waals surface area contributed by atoms with Crippen molar-refractivity contribution in [1.82, 2.24) is 0 Å². The molecule has 114 valence electrons. The number of anilines is 2. The predicted molar refractivity (Wildman–Crippen MR) is 85.1 cm³/mol. The zero-order chi connectivity index (χ0) is 15.6. The summed E-state index contributed by atoms with van der Waals surface area (Å²) in [5.41, 5.74) is 2.32. The molecule has 1 unspecified atom stereocenters. The average Bonchev–Trinajstić information content (AvgIpc) is 2.69. The monoisotopic (exact) mass is 308 g/mol. The maximum atomic E-state index is 11.4. The lowest BCUT2D eigenvalue weighted by Crippen LogP contribution is -2.13. The third-order valence-electron chi connectivity index (χ3n) is 3.14. The molecule has 0 radical (unpaired) electrons. The van der Waals surface area contributed by atoms with Crippen LogP contribution in [0.25, 0.3) is 0 Å². The second-order valence-electron chi connectivity index (χ2n) is 5.15. The van der Waals surface area contributed by atoms with Gasteiger partial charge in [-0.15, -0.1) is 0 Å². The summed E-state index contributed by atoms with van der Waals surface area (Å²) in [4.78, 5) is 0. The molecule has 2 N–H and O–H groups in total. The lowest BCUT2D eigenvalue weighted by molar-refractivity contribution is 0.500. The molecule has 5 nitrogen and oxygen atoms in total. The zero-order valence-electron chi connectivity index (χ0n) is 12.6. The molecule has 0 saturated heterocycles. The Morgan fingerprint density at radius 3 is 2.29 bits per heavy atom. The molecule has 21 heavy (non-hydrogen) atoms. The Kier molecular flexibility index (Phi) is 4.27. The van der Waals surface area contributed by atoms with Crippen LogP contribution >= 0.6 is 0 Å². The first-order chi connectivity index (χ1) is 9.76. The number of hydrogen-bond donors (Lipinski definition) is 2. The molecule has 0 saturated carbocycles. The Morgan fingerprint density at radius 2 is 1.76 bits per heavy atom. The van der Waals surface area contributed by atoms with Crippen molar-refractivity contribution in [3.63, 3.8) is 0 Å². The molecular weight excluding hydrogens is 288 g/mol. The van der Waals surface area contributed by atoms with E-state index >= 15 is 0 Å². The predicted octanol–water partition coefficient (Wildman–Crippen LogP) is 3.44. The standard InChI is InChI=1S/C15H20N2O3S/c1-10-9-13(12(3)20-10)11(2)16-14-7-5-6-8-15(14)17-21(4,18)19/h5-9,11,16-17H,1-4H3. The number of aryl methyl sites for hydroxylation is 2. The van der Waals surface area contributed by atoms with Crippen molar-refractivity contribution in [2.24, 2.45) is 0 Å². The molecule has 2 rings (SSSR count). The van der Waals surface area contributed by atoms with Gasteiger partial charge in [-0.2, -0.15) is 0 Å². The van der Waals surface area contributed by atoms with Gasteiger partial charge in [0.1, 0.15) is 11.5 Å². The summed E-state index contributed by atoms with van der Waals surface area (Å²) in [6, 6.07) is 9.20. The smallest absolute Gasteiger partial charge is 0.229 e. The molecule has 0 fully saturated rings. The number of hydrogen-bond acceptors (Lipinski definition) is 4. The lowest BCUT2D eigenvalue weighted by atomic mass is 10.1. The SMILES string of the molecule is Cc1cc(C(C)Nc2ccccc2NS(C)(=O)=O)c(C)o1. The van der Waals surface area contributed by atoms with E-state index in [1.807, 2.05) is 39.0 Å². The van der Waals surface area contributed by atoms with Gasteiger partial charge in [-0.3, -0.25) is 4.72 Å².